The number of rotatable bonds is 3. The molecule has 2 amide bonds. The molecule has 2 fully saturated rings. The molecule has 1 aliphatic heterocycles. The molecular weight excluding hydrogens is 206 g/mol. The number of hydrogen-bond acceptors (Lipinski definition) is 3. The number of carbonyl (C=O) groups is 2. The summed E-state index contributed by atoms with van der Waals surface area (Å²) in [5.74, 6) is 0.197. The fourth-order valence-electron chi connectivity index (χ4n) is 2.98. The van der Waals surface area contributed by atoms with Crippen LogP contribution in [0, 0.1) is 17.8 Å². The number of nitrogens with zero attached hydrogens (tertiary/aromatic N) is 1. The van der Waals surface area contributed by atoms with E-state index in [0.717, 1.165) is 19.3 Å². The summed E-state index contributed by atoms with van der Waals surface area (Å²) in [6.07, 6.45) is 2.11. The third-order valence-electron chi connectivity index (χ3n) is 3.85. The van der Waals surface area contributed by atoms with E-state index < -0.39 is 6.10 Å². The number of aliphatic hydroxyl groups excluding tert-OH is 1. The first kappa shape index (κ1) is 11.6. The highest BCUT2D eigenvalue weighted by atomic mass is 16.3. The fraction of sp³-hybridized carbons (Fsp3) is 0.833. The van der Waals surface area contributed by atoms with Gasteiger partial charge in [-0.05, 0) is 25.7 Å². The maximum Gasteiger partial charge on any atom is 0.233 e. The second kappa shape index (κ2) is 4.17. The van der Waals surface area contributed by atoms with Gasteiger partial charge < -0.3 is 5.11 Å². The molecule has 0 spiro atoms. The quantitative estimate of drug-likeness (QED) is 0.722. The van der Waals surface area contributed by atoms with Crippen molar-refractivity contribution in [3.05, 3.63) is 0 Å². The number of imide groups is 1. The van der Waals surface area contributed by atoms with Gasteiger partial charge in [-0.15, -0.1) is 0 Å². The summed E-state index contributed by atoms with van der Waals surface area (Å²) in [5.41, 5.74) is 0. The Morgan fingerprint density at radius 2 is 1.81 bits per heavy atom. The Hall–Kier alpha value is -0.900. The molecule has 1 N–H and O–H groups in total. The SMILES string of the molecule is CCC1CC2C(=O)N(C[C@H](C)O)C(=O)C2C1. The molecule has 16 heavy (non-hydrogen) atoms. The van der Waals surface area contributed by atoms with Crippen LogP contribution in [0.15, 0.2) is 0 Å². The van der Waals surface area contributed by atoms with Crippen molar-refractivity contribution >= 4 is 11.8 Å². The lowest BCUT2D eigenvalue weighted by Crippen LogP contribution is -2.37. The van der Waals surface area contributed by atoms with Crippen molar-refractivity contribution in [2.24, 2.45) is 17.8 Å². The molecule has 1 saturated carbocycles. The third-order valence-corrected chi connectivity index (χ3v) is 3.85. The minimum Gasteiger partial charge on any atom is -0.392 e. The van der Waals surface area contributed by atoms with Crippen molar-refractivity contribution in [2.75, 3.05) is 6.54 Å². The molecule has 3 atom stereocenters. The van der Waals surface area contributed by atoms with Crippen molar-refractivity contribution < 1.29 is 14.7 Å². The molecule has 1 heterocycles. The van der Waals surface area contributed by atoms with E-state index in [1.165, 1.54) is 4.90 Å². The summed E-state index contributed by atoms with van der Waals surface area (Å²) in [5, 5.41) is 9.26. The maximum absolute atomic E-state index is 12.0. The molecule has 0 radical (unpaired) electrons. The predicted molar refractivity (Wildman–Crippen MR) is 58.4 cm³/mol. The van der Waals surface area contributed by atoms with Gasteiger partial charge in [0.25, 0.3) is 0 Å². The third kappa shape index (κ3) is 1.75. The molecule has 0 aromatic heterocycles. The Morgan fingerprint density at radius 1 is 1.31 bits per heavy atom. The van der Waals surface area contributed by atoms with E-state index in [1.807, 2.05) is 0 Å². The average molecular weight is 225 g/mol. The van der Waals surface area contributed by atoms with Gasteiger partial charge in [-0.1, -0.05) is 13.3 Å². The number of amides is 2. The summed E-state index contributed by atoms with van der Waals surface area (Å²) in [6, 6.07) is 0. The zero-order valence-electron chi connectivity index (χ0n) is 9.85. The van der Waals surface area contributed by atoms with Gasteiger partial charge >= 0.3 is 0 Å². The van der Waals surface area contributed by atoms with E-state index >= 15 is 0 Å². The molecule has 2 rings (SSSR count). The minimum absolute atomic E-state index is 0.0631. The highest BCUT2D eigenvalue weighted by Crippen LogP contribution is 2.44. The van der Waals surface area contributed by atoms with Crippen molar-refractivity contribution in [3.63, 3.8) is 0 Å². The van der Waals surface area contributed by atoms with E-state index in [4.69, 9.17) is 0 Å². The first-order chi connectivity index (χ1) is 7.54. The monoisotopic (exact) mass is 225 g/mol. The predicted octanol–water partition coefficient (Wildman–Crippen LogP) is 0.788. The summed E-state index contributed by atoms with van der Waals surface area (Å²) < 4.78 is 0. The summed E-state index contributed by atoms with van der Waals surface area (Å²) >= 11 is 0. The van der Waals surface area contributed by atoms with Crippen molar-refractivity contribution in [1.82, 2.24) is 4.90 Å². The summed E-state index contributed by atoms with van der Waals surface area (Å²) in [4.78, 5) is 25.2. The molecule has 1 saturated heterocycles. The lowest BCUT2D eigenvalue weighted by molar-refractivity contribution is -0.142. The minimum atomic E-state index is -0.631. The second-order valence-electron chi connectivity index (χ2n) is 5.09. The van der Waals surface area contributed by atoms with Gasteiger partial charge in [-0.25, -0.2) is 0 Å². The Morgan fingerprint density at radius 3 is 2.19 bits per heavy atom. The molecule has 0 aromatic rings. The van der Waals surface area contributed by atoms with Crippen LogP contribution in [-0.4, -0.2) is 34.5 Å². The van der Waals surface area contributed by atoms with E-state index in [0.29, 0.717) is 5.92 Å². The van der Waals surface area contributed by atoms with Gasteiger partial charge in [-0.3, -0.25) is 14.5 Å². The molecule has 1 aliphatic carbocycles. The lowest BCUT2D eigenvalue weighted by atomic mass is 10.00. The first-order valence-electron chi connectivity index (χ1n) is 6.07. The van der Waals surface area contributed by atoms with Crippen LogP contribution in [0.2, 0.25) is 0 Å². The number of β-amino-alcohol motifs (C(OH)–C–C–N with tert-alkyl or cyclic N) is 1. The van der Waals surface area contributed by atoms with Gasteiger partial charge in [0.1, 0.15) is 0 Å². The zero-order chi connectivity index (χ0) is 11.9. The topological polar surface area (TPSA) is 57.6 Å². The first-order valence-corrected chi connectivity index (χ1v) is 6.07. The van der Waals surface area contributed by atoms with Crippen LogP contribution in [0.3, 0.4) is 0 Å². The maximum atomic E-state index is 12.0. The number of carbonyl (C=O) groups excluding carboxylic acids is 2. The molecule has 0 aromatic carbocycles. The van der Waals surface area contributed by atoms with Gasteiger partial charge in [-0.2, -0.15) is 0 Å². The number of hydrogen-bond donors (Lipinski definition) is 1. The van der Waals surface area contributed by atoms with E-state index in [2.05, 4.69) is 6.92 Å². The molecule has 2 unspecified atom stereocenters. The summed E-state index contributed by atoms with van der Waals surface area (Å²) in [7, 11) is 0. The van der Waals surface area contributed by atoms with Crippen LogP contribution in [-0.2, 0) is 9.59 Å². The molecule has 4 heteroatoms. The van der Waals surface area contributed by atoms with Crippen molar-refractivity contribution in [3.8, 4) is 0 Å². The Labute approximate surface area is 95.6 Å². The average Bonchev–Trinajstić information content (AvgIpc) is 2.74. The fourth-order valence-corrected chi connectivity index (χ4v) is 2.98. The number of aliphatic hydroxyl groups is 1. The lowest BCUT2D eigenvalue weighted by Gasteiger charge is -2.18. The molecule has 90 valence electrons. The van der Waals surface area contributed by atoms with Gasteiger partial charge in [0.05, 0.1) is 24.5 Å². The van der Waals surface area contributed by atoms with Crippen LogP contribution in [0.5, 0.6) is 0 Å². The Kier molecular flexibility index (Phi) is 3.02. The van der Waals surface area contributed by atoms with Crippen molar-refractivity contribution in [1.29, 1.82) is 0 Å². The van der Waals surface area contributed by atoms with E-state index in [-0.39, 0.29) is 30.2 Å². The molecular formula is C12H19NO3. The van der Waals surface area contributed by atoms with E-state index in [1.54, 1.807) is 6.92 Å². The van der Waals surface area contributed by atoms with Gasteiger partial charge in [0.2, 0.25) is 11.8 Å². The van der Waals surface area contributed by atoms with Gasteiger partial charge in [0, 0.05) is 0 Å². The van der Waals surface area contributed by atoms with Crippen LogP contribution >= 0.6 is 0 Å². The molecule has 2 aliphatic rings. The van der Waals surface area contributed by atoms with Crippen LogP contribution in [0.1, 0.15) is 33.1 Å². The molecule has 4 nitrogen and oxygen atoms in total. The second-order valence-corrected chi connectivity index (χ2v) is 5.09. The number of fused-ring (bicyclic) bond motifs is 1. The zero-order valence-corrected chi connectivity index (χ0v) is 9.85. The summed E-state index contributed by atoms with van der Waals surface area (Å²) in [6.45, 7) is 3.86. The Bertz CT molecular complexity index is 289. The highest BCUT2D eigenvalue weighted by molar-refractivity contribution is 6.05. The number of likely N-dealkylation sites (tertiary alicyclic amines) is 1. The largest absolute Gasteiger partial charge is 0.392 e. The smallest absolute Gasteiger partial charge is 0.233 e. The highest BCUT2D eigenvalue weighted by Gasteiger charge is 2.52. The standard InChI is InChI=1S/C12H19NO3/c1-3-8-4-9-10(5-8)12(16)13(11(9)15)6-7(2)14/h7-10,14H,3-6H2,1-2H3/t7-,8?,9?,10?/m0/s1. The van der Waals surface area contributed by atoms with Crippen LogP contribution < -0.4 is 0 Å². The van der Waals surface area contributed by atoms with Crippen LogP contribution in [0.25, 0.3) is 0 Å². The normalized spacial score (nSPS) is 35.7. The van der Waals surface area contributed by atoms with Crippen LogP contribution in [0.4, 0.5) is 0 Å². The van der Waals surface area contributed by atoms with Gasteiger partial charge in [0.15, 0.2) is 0 Å². The molecule has 0 bridgehead atoms. The Balaban J connectivity index is 2.10. The van der Waals surface area contributed by atoms with Crippen molar-refractivity contribution in [2.45, 2.75) is 39.2 Å². The van der Waals surface area contributed by atoms with E-state index in [9.17, 15) is 14.7 Å².